The maximum absolute atomic E-state index is 12.4. The SMILES string of the molecule is COc1ccccc1[C@@H](O)Cn1cc(C(=O)Nc2ccccc2SC)nn1. The molecule has 0 fully saturated rings. The Hall–Kier alpha value is -2.84. The lowest BCUT2D eigenvalue weighted by Gasteiger charge is -2.14. The molecule has 1 amide bonds. The molecule has 27 heavy (non-hydrogen) atoms. The zero-order valence-electron chi connectivity index (χ0n) is 15.0. The van der Waals surface area contributed by atoms with E-state index in [1.54, 1.807) is 31.0 Å². The Morgan fingerprint density at radius 1 is 1.26 bits per heavy atom. The maximum atomic E-state index is 12.4. The van der Waals surface area contributed by atoms with E-state index in [0.717, 1.165) is 10.6 Å². The minimum absolute atomic E-state index is 0.155. The van der Waals surface area contributed by atoms with Crippen LogP contribution in [0, 0.1) is 0 Å². The summed E-state index contributed by atoms with van der Waals surface area (Å²) in [6, 6.07) is 14.8. The minimum Gasteiger partial charge on any atom is -0.496 e. The van der Waals surface area contributed by atoms with Crippen molar-refractivity contribution in [2.75, 3.05) is 18.7 Å². The summed E-state index contributed by atoms with van der Waals surface area (Å²) in [5, 5.41) is 21.2. The Labute approximate surface area is 161 Å². The number of aliphatic hydroxyl groups is 1. The van der Waals surface area contributed by atoms with E-state index < -0.39 is 6.10 Å². The highest BCUT2D eigenvalue weighted by molar-refractivity contribution is 7.98. The average molecular weight is 384 g/mol. The number of ether oxygens (including phenoxy) is 1. The Morgan fingerprint density at radius 3 is 2.78 bits per heavy atom. The molecule has 0 aliphatic rings. The number of hydrogen-bond acceptors (Lipinski definition) is 6. The molecule has 2 N–H and O–H groups in total. The van der Waals surface area contributed by atoms with Crippen LogP contribution in [0.2, 0.25) is 0 Å². The summed E-state index contributed by atoms with van der Waals surface area (Å²) < 4.78 is 6.70. The van der Waals surface area contributed by atoms with Crippen molar-refractivity contribution in [2.45, 2.75) is 17.5 Å². The van der Waals surface area contributed by atoms with Gasteiger partial charge in [0, 0.05) is 10.5 Å². The van der Waals surface area contributed by atoms with Gasteiger partial charge in [0.25, 0.3) is 5.91 Å². The van der Waals surface area contributed by atoms with Crippen molar-refractivity contribution in [2.24, 2.45) is 0 Å². The summed E-state index contributed by atoms with van der Waals surface area (Å²) in [5.41, 5.74) is 1.55. The number of hydrogen-bond donors (Lipinski definition) is 2. The number of nitrogens with one attached hydrogen (secondary N) is 1. The number of anilines is 1. The first-order valence-corrected chi connectivity index (χ1v) is 9.50. The number of nitrogens with zero attached hydrogens (tertiary/aromatic N) is 3. The number of amides is 1. The summed E-state index contributed by atoms with van der Waals surface area (Å²) in [7, 11) is 1.55. The Kier molecular flexibility index (Phi) is 6.10. The molecule has 1 aromatic heterocycles. The Bertz CT molecular complexity index is 929. The molecular weight excluding hydrogens is 364 g/mol. The van der Waals surface area contributed by atoms with Crippen molar-refractivity contribution in [3.05, 3.63) is 66.0 Å². The average Bonchev–Trinajstić information content (AvgIpc) is 3.17. The lowest BCUT2D eigenvalue weighted by Crippen LogP contribution is -2.13. The van der Waals surface area contributed by atoms with Gasteiger partial charge in [-0.25, -0.2) is 4.68 Å². The third kappa shape index (κ3) is 4.47. The van der Waals surface area contributed by atoms with Crippen molar-refractivity contribution in [1.82, 2.24) is 15.0 Å². The van der Waals surface area contributed by atoms with Gasteiger partial charge in [0.15, 0.2) is 5.69 Å². The number of carbonyl (C=O) groups is 1. The normalized spacial score (nSPS) is 11.8. The van der Waals surface area contributed by atoms with E-state index >= 15 is 0 Å². The molecule has 0 saturated heterocycles. The highest BCUT2D eigenvalue weighted by Crippen LogP contribution is 2.26. The maximum Gasteiger partial charge on any atom is 0.277 e. The number of para-hydroxylation sites is 2. The van der Waals surface area contributed by atoms with Crippen LogP contribution in [0.25, 0.3) is 0 Å². The van der Waals surface area contributed by atoms with Crippen LogP contribution in [0.1, 0.15) is 22.2 Å². The molecule has 0 spiro atoms. The fourth-order valence-electron chi connectivity index (χ4n) is 2.64. The van der Waals surface area contributed by atoms with E-state index in [1.807, 2.05) is 42.7 Å². The second-order valence-electron chi connectivity index (χ2n) is 5.74. The smallest absolute Gasteiger partial charge is 0.277 e. The van der Waals surface area contributed by atoms with Crippen LogP contribution in [0.5, 0.6) is 5.75 Å². The first-order valence-electron chi connectivity index (χ1n) is 8.28. The van der Waals surface area contributed by atoms with Gasteiger partial charge in [0.2, 0.25) is 0 Å². The van der Waals surface area contributed by atoms with Gasteiger partial charge < -0.3 is 15.2 Å². The van der Waals surface area contributed by atoms with E-state index in [2.05, 4.69) is 15.6 Å². The molecule has 0 aliphatic carbocycles. The first-order chi connectivity index (χ1) is 13.1. The van der Waals surface area contributed by atoms with Crippen LogP contribution < -0.4 is 10.1 Å². The van der Waals surface area contributed by atoms with Gasteiger partial charge in [0.1, 0.15) is 11.9 Å². The van der Waals surface area contributed by atoms with Crippen LogP contribution in [0.15, 0.2) is 59.6 Å². The van der Waals surface area contributed by atoms with Gasteiger partial charge in [-0.05, 0) is 24.5 Å². The number of benzene rings is 2. The van der Waals surface area contributed by atoms with E-state index in [-0.39, 0.29) is 18.1 Å². The Morgan fingerprint density at radius 2 is 2.00 bits per heavy atom. The lowest BCUT2D eigenvalue weighted by atomic mass is 10.1. The van der Waals surface area contributed by atoms with E-state index in [4.69, 9.17) is 4.74 Å². The summed E-state index contributed by atoms with van der Waals surface area (Å²) >= 11 is 1.55. The third-order valence-electron chi connectivity index (χ3n) is 3.98. The summed E-state index contributed by atoms with van der Waals surface area (Å²) in [6.45, 7) is 0.155. The lowest BCUT2D eigenvalue weighted by molar-refractivity contribution is 0.102. The molecule has 0 unspecified atom stereocenters. The second-order valence-corrected chi connectivity index (χ2v) is 6.59. The molecule has 1 atom stereocenters. The molecule has 140 valence electrons. The number of methoxy groups -OCH3 is 1. The molecule has 2 aromatic carbocycles. The molecule has 0 bridgehead atoms. The second kappa shape index (κ2) is 8.70. The number of rotatable bonds is 7. The van der Waals surface area contributed by atoms with Crippen LogP contribution >= 0.6 is 11.8 Å². The van der Waals surface area contributed by atoms with Crippen molar-refractivity contribution < 1.29 is 14.6 Å². The topological polar surface area (TPSA) is 89.3 Å². The molecular formula is C19H20N4O3S. The van der Waals surface area contributed by atoms with Gasteiger partial charge in [-0.1, -0.05) is 35.5 Å². The number of thioether (sulfide) groups is 1. The molecule has 0 aliphatic heterocycles. The molecule has 3 rings (SSSR count). The van der Waals surface area contributed by atoms with E-state index in [0.29, 0.717) is 11.3 Å². The quantitative estimate of drug-likeness (QED) is 0.609. The molecule has 0 saturated carbocycles. The fourth-order valence-corrected chi connectivity index (χ4v) is 3.20. The predicted molar refractivity (Wildman–Crippen MR) is 104 cm³/mol. The van der Waals surface area contributed by atoms with Crippen molar-refractivity contribution in [3.63, 3.8) is 0 Å². The largest absolute Gasteiger partial charge is 0.496 e. The van der Waals surface area contributed by atoms with Gasteiger partial charge in [-0.3, -0.25) is 4.79 Å². The minimum atomic E-state index is -0.837. The molecule has 3 aromatic rings. The van der Waals surface area contributed by atoms with E-state index in [9.17, 15) is 9.90 Å². The van der Waals surface area contributed by atoms with Gasteiger partial charge >= 0.3 is 0 Å². The van der Waals surface area contributed by atoms with E-state index in [1.165, 1.54) is 10.9 Å². The number of aromatic nitrogens is 3. The monoisotopic (exact) mass is 384 g/mol. The number of carbonyl (C=O) groups excluding carboxylic acids is 1. The van der Waals surface area contributed by atoms with Crippen LogP contribution in [0.3, 0.4) is 0 Å². The Balaban J connectivity index is 1.70. The molecule has 0 radical (unpaired) electrons. The predicted octanol–water partition coefficient (Wildman–Crippen LogP) is 2.99. The highest BCUT2D eigenvalue weighted by Gasteiger charge is 2.17. The van der Waals surface area contributed by atoms with Gasteiger partial charge in [-0.15, -0.1) is 16.9 Å². The molecule has 7 nitrogen and oxygen atoms in total. The zero-order chi connectivity index (χ0) is 19.2. The van der Waals surface area contributed by atoms with Crippen LogP contribution in [0.4, 0.5) is 5.69 Å². The molecule has 1 heterocycles. The summed E-state index contributed by atoms with van der Waals surface area (Å²) in [4.78, 5) is 13.4. The third-order valence-corrected chi connectivity index (χ3v) is 4.78. The van der Waals surface area contributed by atoms with Gasteiger partial charge in [0.05, 0.1) is 25.5 Å². The summed E-state index contributed by atoms with van der Waals surface area (Å²) in [5.74, 6) is 0.242. The first kappa shape index (κ1) is 18.9. The molecule has 8 heteroatoms. The summed E-state index contributed by atoms with van der Waals surface area (Å²) in [6.07, 6.45) is 2.62. The fraction of sp³-hybridized carbons (Fsp3) is 0.211. The standard InChI is InChI=1S/C19H20N4O3S/c1-26-17-9-5-3-7-13(17)16(24)12-23-11-15(21-22-23)19(25)20-14-8-4-6-10-18(14)27-2/h3-11,16,24H,12H2,1-2H3,(H,20,25)/t16-/m0/s1. The van der Waals surface area contributed by atoms with Crippen LogP contribution in [-0.4, -0.2) is 39.4 Å². The zero-order valence-corrected chi connectivity index (χ0v) is 15.8. The van der Waals surface area contributed by atoms with Crippen molar-refractivity contribution in [1.29, 1.82) is 0 Å². The van der Waals surface area contributed by atoms with Crippen molar-refractivity contribution in [3.8, 4) is 5.75 Å². The number of aliphatic hydroxyl groups excluding tert-OH is 1. The highest BCUT2D eigenvalue weighted by atomic mass is 32.2. The van der Waals surface area contributed by atoms with Gasteiger partial charge in [-0.2, -0.15) is 0 Å². The van der Waals surface area contributed by atoms with Crippen molar-refractivity contribution >= 4 is 23.4 Å². The van der Waals surface area contributed by atoms with Crippen LogP contribution in [-0.2, 0) is 6.54 Å².